The van der Waals surface area contributed by atoms with Crippen LogP contribution >= 0.6 is 0 Å². The zero-order valence-corrected chi connectivity index (χ0v) is 16.1. The quantitative estimate of drug-likeness (QED) is 0.897. The first-order valence-electron chi connectivity index (χ1n) is 9.85. The van der Waals surface area contributed by atoms with Gasteiger partial charge in [-0.05, 0) is 25.0 Å². The van der Waals surface area contributed by atoms with Gasteiger partial charge in [-0.2, -0.15) is 0 Å². The Morgan fingerprint density at radius 1 is 1.30 bits per heavy atom. The number of methoxy groups -OCH3 is 1. The Bertz CT molecular complexity index is 757. The van der Waals surface area contributed by atoms with Crippen LogP contribution in [-0.4, -0.2) is 80.3 Å². The van der Waals surface area contributed by atoms with Crippen molar-refractivity contribution < 1.29 is 14.3 Å². The van der Waals surface area contributed by atoms with E-state index >= 15 is 0 Å². The number of aromatic amines is 1. The molecule has 0 saturated carbocycles. The van der Waals surface area contributed by atoms with Crippen molar-refractivity contribution in [2.45, 2.75) is 12.8 Å². The molecule has 0 bridgehead atoms. The first-order chi connectivity index (χ1) is 13.2. The first-order valence-corrected chi connectivity index (χ1v) is 9.85. The third kappa shape index (κ3) is 4.03. The van der Waals surface area contributed by atoms with Crippen molar-refractivity contribution in [1.82, 2.24) is 14.8 Å². The topological polar surface area (TPSA) is 57.8 Å². The van der Waals surface area contributed by atoms with Crippen LogP contribution in [0.25, 0.3) is 10.9 Å². The molecule has 2 aromatic rings. The second-order valence-electron chi connectivity index (χ2n) is 7.92. The molecule has 2 fully saturated rings. The standard InChI is InChI=1S/C21H29N3O3/c1-26-11-9-23-10-12-27-16-21(14-23)7-4-8-24(15-21)20(25)19-13-17-5-2-3-6-18(17)22-19/h2-3,5-6,13,22H,4,7-12,14-16H2,1H3. The van der Waals surface area contributed by atoms with Crippen LogP contribution in [0.2, 0.25) is 0 Å². The van der Waals surface area contributed by atoms with Crippen LogP contribution in [0.3, 0.4) is 0 Å². The lowest BCUT2D eigenvalue weighted by Gasteiger charge is -2.43. The molecule has 146 valence electrons. The zero-order valence-electron chi connectivity index (χ0n) is 16.1. The summed E-state index contributed by atoms with van der Waals surface area (Å²) in [5.41, 5.74) is 1.71. The number of fused-ring (bicyclic) bond motifs is 1. The SMILES string of the molecule is COCCN1CCOCC2(CCCN(C(=O)c3cc4ccccc4[nH]3)C2)C1. The number of hydrogen-bond donors (Lipinski definition) is 1. The minimum Gasteiger partial charge on any atom is -0.383 e. The third-order valence-electron chi connectivity index (χ3n) is 5.84. The van der Waals surface area contributed by atoms with Gasteiger partial charge in [0, 0.05) is 56.2 Å². The number of benzene rings is 1. The molecule has 2 aliphatic rings. The number of ether oxygens (including phenoxy) is 2. The number of nitrogens with one attached hydrogen (secondary N) is 1. The Labute approximate surface area is 160 Å². The molecule has 4 rings (SSSR count). The van der Waals surface area contributed by atoms with Crippen molar-refractivity contribution in [2.75, 3.05) is 59.7 Å². The number of likely N-dealkylation sites (tertiary alicyclic amines) is 1. The van der Waals surface area contributed by atoms with Crippen molar-refractivity contribution >= 4 is 16.8 Å². The maximum atomic E-state index is 13.2. The van der Waals surface area contributed by atoms with E-state index in [-0.39, 0.29) is 11.3 Å². The number of hydrogen-bond acceptors (Lipinski definition) is 4. The molecule has 1 aromatic heterocycles. The first kappa shape index (κ1) is 18.5. The van der Waals surface area contributed by atoms with Gasteiger partial charge in [-0.25, -0.2) is 0 Å². The van der Waals surface area contributed by atoms with E-state index in [1.807, 2.05) is 35.2 Å². The lowest BCUT2D eigenvalue weighted by Crippen LogP contribution is -2.52. The minimum absolute atomic E-state index is 0.0180. The number of amides is 1. The summed E-state index contributed by atoms with van der Waals surface area (Å²) < 4.78 is 11.2. The highest BCUT2D eigenvalue weighted by Gasteiger charge is 2.40. The second-order valence-corrected chi connectivity index (χ2v) is 7.92. The molecule has 6 nitrogen and oxygen atoms in total. The van der Waals surface area contributed by atoms with E-state index < -0.39 is 0 Å². The predicted octanol–water partition coefficient (Wildman–Crippen LogP) is 2.37. The minimum atomic E-state index is 0.0180. The molecule has 6 heteroatoms. The van der Waals surface area contributed by atoms with E-state index in [0.29, 0.717) is 5.69 Å². The van der Waals surface area contributed by atoms with Crippen LogP contribution in [0.1, 0.15) is 23.3 Å². The summed E-state index contributed by atoms with van der Waals surface area (Å²) in [5, 5.41) is 1.08. The lowest BCUT2D eigenvalue weighted by atomic mass is 9.80. The normalized spacial score (nSPS) is 24.4. The fraction of sp³-hybridized carbons (Fsp3) is 0.571. The van der Waals surface area contributed by atoms with Crippen molar-refractivity contribution in [3.8, 4) is 0 Å². The lowest BCUT2D eigenvalue weighted by molar-refractivity contribution is 0.00601. The van der Waals surface area contributed by atoms with Gasteiger partial charge in [0.25, 0.3) is 5.91 Å². The van der Waals surface area contributed by atoms with Gasteiger partial charge in [-0.3, -0.25) is 9.69 Å². The molecule has 27 heavy (non-hydrogen) atoms. The summed E-state index contributed by atoms with van der Waals surface area (Å²) in [7, 11) is 1.74. The summed E-state index contributed by atoms with van der Waals surface area (Å²) in [6.45, 7) is 6.59. The molecule has 1 atom stereocenters. The Hall–Kier alpha value is -1.89. The number of piperidine rings is 1. The number of nitrogens with zero attached hydrogens (tertiary/aromatic N) is 2. The second kappa shape index (κ2) is 8.00. The van der Waals surface area contributed by atoms with E-state index in [1.165, 1.54) is 0 Å². The van der Waals surface area contributed by atoms with Crippen LogP contribution in [-0.2, 0) is 9.47 Å². The number of rotatable bonds is 4. The van der Waals surface area contributed by atoms with Gasteiger partial charge in [0.05, 0.1) is 19.8 Å². The number of carbonyl (C=O) groups excluding carboxylic acids is 1. The van der Waals surface area contributed by atoms with E-state index in [0.717, 1.165) is 76.3 Å². The summed E-state index contributed by atoms with van der Waals surface area (Å²) in [5.74, 6) is 0.0953. The van der Waals surface area contributed by atoms with E-state index in [2.05, 4.69) is 9.88 Å². The number of H-pyrrole nitrogens is 1. The van der Waals surface area contributed by atoms with Gasteiger partial charge in [0.2, 0.25) is 0 Å². The van der Waals surface area contributed by atoms with Crippen LogP contribution in [0.4, 0.5) is 0 Å². The highest BCUT2D eigenvalue weighted by molar-refractivity contribution is 5.98. The van der Waals surface area contributed by atoms with Crippen molar-refractivity contribution in [2.24, 2.45) is 5.41 Å². The Morgan fingerprint density at radius 3 is 3.04 bits per heavy atom. The maximum Gasteiger partial charge on any atom is 0.270 e. The molecule has 1 unspecified atom stereocenters. The van der Waals surface area contributed by atoms with Gasteiger partial charge in [-0.1, -0.05) is 18.2 Å². The van der Waals surface area contributed by atoms with Gasteiger partial charge in [0.1, 0.15) is 5.69 Å². The summed E-state index contributed by atoms with van der Waals surface area (Å²) in [6, 6.07) is 10.00. The third-order valence-corrected chi connectivity index (χ3v) is 5.84. The van der Waals surface area contributed by atoms with E-state index in [4.69, 9.17) is 9.47 Å². The highest BCUT2D eigenvalue weighted by atomic mass is 16.5. The summed E-state index contributed by atoms with van der Waals surface area (Å²) in [4.78, 5) is 20.9. The Morgan fingerprint density at radius 2 is 2.19 bits per heavy atom. The molecule has 2 saturated heterocycles. The van der Waals surface area contributed by atoms with Gasteiger partial charge in [0.15, 0.2) is 0 Å². The highest BCUT2D eigenvalue weighted by Crippen LogP contribution is 2.33. The number of para-hydroxylation sites is 1. The van der Waals surface area contributed by atoms with Gasteiger partial charge in [-0.15, -0.1) is 0 Å². The molecule has 2 aliphatic heterocycles. The fourth-order valence-corrected chi connectivity index (χ4v) is 4.48. The zero-order chi connectivity index (χ0) is 18.7. The van der Waals surface area contributed by atoms with Gasteiger partial charge >= 0.3 is 0 Å². The monoisotopic (exact) mass is 371 g/mol. The largest absolute Gasteiger partial charge is 0.383 e. The molecular formula is C21H29N3O3. The maximum absolute atomic E-state index is 13.2. The average molecular weight is 371 g/mol. The van der Waals surface area contributed by atoms with Crippen LogP contribution in [0, 0.1) is 5.41 Å². The van der Waals surface area contributed by atoms with Crippen LogP contribution in [0.5, 0.6) is 0 Å². The van der Waals surface area contributed by atoms with E-state index in [9.17, 15) is 4.79 Å². The Kier molecular flexibility index (Phi) is 5.48. The fourth-order valence-electron chi connectivity index (χ4n) is 4.48. The Balaban J connectivity index is 1.50. The molecule has 0 aliphatic carbocycles. The predicted molar refractivity (Wildman–Crippen MR) is 105 cm³/mol. The summed E-state index contributed by atoms with van der Waals surface area (Å²) in [6.07, 6.45) is 2.13. The average Bonchev–Trinajstić information content (AvgIpc) is 3.03. The smallest absolute Gasteiger partial charge is 0.270 e. The van der Waals surface area contributed by atoms with Crippen molar-refractivity contribution in [3.63, 3.8) is 0 Å². The summed E-state index contributed by atoms with van der Waals surface area (Å²) >= 11 is 0. The molecule has 1 spiro atoms. The molecule has 1 N–H and O–H groups in total. The molecule has 0 radical (unpaired) electrons. The molecule has 1 aromatic carbocycles. The van der Waals surface area contributed by atoms with E-state index in [1.54, 1.807) is 7.11 Å². The van der Waals surface area contributed by atoms with Gasteiger partial charge < -0.3 is 19.4 Å². The number of carbonyl (C=O) groups is 1. The van der Waals surface area contributed by atoms with Crippen molar-refractivity contribution in [1.29, 1.82) is 0 Å². The molecule has 3 heterocycles. The molecular weight excluding hydrogens is 342 g/mol. The van der Waals surface area contributed by atoms with Crippen LogP contribution in [0.15, 0.2) is 30.3 Å². The molecule has 1 amide bonds. The van der Waals surface area contributed by atoms with Crippen molar-refractivity contribution in [3.05, 3.63) is 36.0 Å². The van der Waals surface area contributed by atoms with Crippen LogP contribution < -0.4 is 0 Å². The number of aromatic nitrogens is 1.